The lowest BCUT2D eigenvalue weighted by molar-refractivity contribution is 1.23. The molecule has 0 bridgehead atoms. The number of aromatic amines is 2. The van der Waals surface area contributed by atoms with Crippen LogP contribution in [0.2, 0.25) is 5.02 Å². The molecule has 0 saturated heterocycles. The highest BCUT2D eigenvalue weighted by Gasteiger charge is 2.15. The van der Waals surface area contributed by atoms with E-state index in [2.05, 4.69) is 15.0 Å². The van der Waals surface area contributed by atoms with Crippen LogP contribution in [0.4, 0.5) is 0 Å². The van der Waals surface area contributed by atoms with Crippen molar-refractivity contribution in [3.63, 3.8) is 0 Å². The molecule has 22 heavy (non-hydrogen) atoms. The molecule has 0 aliphatic heterocycles. The van der Waals surface area contributed by atoms with Gasteiger partial charge in [0.15, 0.2) is 0 Å². The Morgan fingerprint density at radius 1 is 1.14 bits per heavy atom. The average molecular weight is 310 g/mol. The first-order valence-corrected chi connectivity index (χ1v) is 7.27. The summed E-state index contributed by atoms with van der Waals surface area (Å²) in [5.74, 6) is 0. The molecule has 0 aliphatic rings. The Hall–Kier alpha value is -2.59. The average Bonchev–Trinajstić information content (AvgIpc) is 2.86. The van der Waals surface area contributed by atoms with Crippen molar-refractivity contribution < 1.29 is 0 Å². The standard InChI is InChI=1S/C17H12ClN3O/c1-9-14(10-3-2-6-19-8-10)16-15(21-17(9)22)12-5-4-11(18)7-13(12)20-16/h2-8,20H,1H3,(H,21,22). The molecule has 4 aromatic rings. The predicted molar refractivity (Wildman–Crippen MR) is 89.4 cm³/mol. The van der Waals surface area contributed by atoms with Crippen molar-refractivity contribution in [2.24, 2.45) is 0 Å². The molecule has 1 aromatic carbocycles. The molecule has 0 unspecified atom stereocenters. The van der Waals surface area contributed by atoms with E-state index in [1.165, 1.54) is 0 Å². The van der Waals surface area contributed by atoms with Gasteiger partial charge in [-0.1, -0.05) is 17.7 Å². The second-order valence-corrected chi connectivity index (χ2v) is 5.70. The number of pyridine rings is 2. The van der Waals surface area contributed by atoms with E-state index in [0.717, 1.165) is 33.1 Å². The second-order valence-electron chi connectivity index (χ2n) is 5.26. The van der Waals surface area contributed by atoms with Gasteiger partial charge in [0.25, 0.3) is 5.56 Å². The Kier molecular flexibility index (Phi) is 2.81. The third-order valence-electron chi connectivity index (χ3n) is 3.91. The minimum atomic E-state index is -0.0952. The molecule has 0 amide bonds. The minimum Gasteiger partial charge on any atom is -0.353 e. The lowest BCUT2D eigenvalue weighted by Gasteiger charge is -2.06. The van der Waals surface area contributed by atoms with Crippen LogP contribution < -0.4 is 5.56 Å². The van der Waals surface area contributed by atoms with E-state index in [1.807, 2.05) is 37.3 Å². The molecule has 0 atom stereocenters. The van der Waals surface area contributed by atoms with Crippen LogP contribution in [-0.2, 0) is 0 Å². The van der Waals surface area contributed by atoms with Crippen LogP contribution in [0.5, 0.6) is 0 Å². The van der Waals surface area contributed by atoms with Gasteiger partial charge in [-0.3, -0.25) is 9.78 Å². The summed E-state index contributed by atoms with van der Waals surface area (Å²) in [6.45, 7) is 1.82. The smallest absolute Gasteiger partial charge is 0.252 e. The molecule has 0 radical (unpaired) electrons. The zero-order valence-corrected chi connectivity index (χ0v) is 12.5. The van der Waals surface area contributed by atoms with Crippen molar-refractivity contribution in [2.45, 2.75) is 6.92 Å². The summed E-state index contributed by atoms with van der Waals surface area (Å²) in [4.78, 5) is 22.8. The van der Waals surface area contributed by atoms with Crippen LogP contribution in [0.3, 0.4) is 0 Å². The molecule has 4 nitrogen and oxygen atoms in total. The van der Waals surface area contributed by atoms with Gasteiger partial charge in [0, 0.05) is 45.0 Å². The molecular formula is C17H12ClN3O. The molecule has 0 saturated carbocycles. The fraction of sp³-hybridized carbons (Fsp3) is 0.0588. The van der Waals surface area contributed by atoms with Crippen LogP contribution in [-0.4, -0.2) is 15.0 Å². The maximum absolute atomic E-state index is 12.3. The molecule has 0 spiro atoms. The maximum atomic E-state index is 12.3. The summed E-state index contributed by atoms with van der Waals surface area (Å²) in [6.07, 6.45) is 3.48. The van der Waals surface area contributed by atoms with Crippen molar-refractivity contribution in [1.82, 2.24) is 15.0 Å². The highest BCUT2D eigenvalue weighted by Crippen LogP contribution is 2.33. The number of aromatic nitrogens is 3. The number of rotatable bonds is 1. The number of nitrogens with one attached hydrogen (secondary N) is 2. The Morgan fingerprint density at radius 2 is 2.00 bits per heavy atom. The third kappa shape index (κ3) is 1.84. The molecule has 0 aliphatic carbocycles. The lowest BCUT2D eigenvalue weighted by Crippen LogP contribution is -2.10. The van der Waals surface area contributed by atoms with Gasteiger partial charge in [0.05, 0.1) is 11.0 Å². The normalized spacial score (nSPS) is 11.4. The molecule has 3 aromatic heterocycles. The van der Waals surface area contributed by atoms with E-state index < -0.39 is 0 Å². The van der Waals surface area contributed by atoms with Gasteiger partial charge in [-0.05, 0) is 31.2 Å². The highest BCUT2D eigenvalue weighted by molar-refractivity contribution is 6.31. The van der Waals surface area contributed by atoms with Gasteiger partial charge in [-0.25, -0.2) is 0 Å². The Labute approximate surface area is 130 Å². The third-order valence-corrected chi connectivity index (χ3v) is 4.15. The van der Waals surface area contributed by atoms with Crippen molar-refractivity contribution in [3.8, 4) is 11.1 Å². The second kappa shape index (κ2) is 4.71. The molecule has 5 heteroatoms. The van der Waals surface area contributed by atoms with Crippen LogP contribution >= 0.6 is 11.6 Å². The Bertz CT molecular complexity index is 1060. The number of H-pyrrole nitrogens is 2. The zero-order valence-electron chi connectivity index (χ0n) is 11.8. The molecular weight excluding hydrogens is 298 g/mol. The van der Waals surface area contributed by atoms with Crippen molar-refractivity contribution in [2.75, 3.05) is 0 Å². The van der Waals surface area contributed by atoms with E-state index in [-0.39, 0.29) is 5.56 Å². The maximum Gasteiger partial charge on any atom is 0.252 e. The van der Waals surface area contributed by atoms with E-state index in [4.69, 9.17) is 11.6 Å². The summed E-state index contributed by atoms with van der Waals surface area (Å²) in [7, 11) is 0. The predicted octanol–water partition coefficient (Wildman–Crippen LogP) is 4.03. The minimum absolute atomic E-state index is 0.0952. The van der Waals surface area contributed by atoms with Crippen LogP contribution in [0, 0.1) is 6.92 Å². The molecule has 108 valence electrons. The summed E-state index contributed by atoms with van der Waals surface area (Å²) >= 11 is 6.06. The number of halogens is 1. The fourth-order valence-electron chi connectivity index (χ4n) is 2.87. The molecule has 3 heterocycles. The first-order chi connectivity index (χ1) is 10.6. The van der Waals surface area contributed by atoms with Crippen molar-refractivity contribution in [1.29, 1.82) is 0 Å². The lowest BCUT2D eigenvalue weighted by atomic mass is 10.0. The molecule has 2 N–H and O–H groups in total. The van der Waals surface area contributed by atoms with E-state index in [1.54, 1.807) is 12.4 Å². The van der Waals surface area contributed by atoms with E-state index in [0.29, 0.717) is 10.6 Å². The summed E-state index contributed by atoms with van der Waals surface area (Å²) in [5.41, 5.74) is 4.94. The zero-order chi connectivity index (χ0) is 15.3. The summed E-state index contributed by atoms with van der Waals surface area (Å²) in [5, 5.41) is 1.60. The number of hydrogen-bond acceptors (Lipinski definition) is 2. The Balaban J connectivity index is 2.22. The van der Waals surface area contributed by atoms with Crippen LogP contribution in [0.25, 0.3) is 33.1 Å². The van der Waals surface area contributed by atoms with E-state index >= 15 is 0 Å². The molecule has 0 fully saturated rings. The first kappa shape index (κ1) is 13.1. The summed E-state index contributed by atoms with van der Waals surface area (Å²) in [6, 6.07) is 9.40. The molecule has 4 rings (SSSR count). The van der Waals surface area contributed by atoms with Gasteiger partial charge in [0.1, 0.15) is 0 Å². The Morgan fingerprint density at radius 3 is 2.77 bits per heavy atom. The van der Waals surface area contributed by atoms with Gasteiger partial charge in [-0.15, -0.1) is 0 Å². The largest absolute Gasteiger partial charge is 0.353 e. The highest BCUT2D eigenvalue weighted by atomic mass is 35.5. The fourth-order valence-corrected chi connectivity index (χ4v) is 3.04. The first-order valence-electron chi connectivity index (χ1n) is 6.89. The van der Waals surface area contributed by atoms with E-state index in [9.17, 15) is 4.79 Å². The summed E-state index contributed by atoms with van der Waals surface area (Å²) < 4.78 is 0. The van der Waals surface area contributed by atoms with Gasteiger partial charge < -0.3 is 9.97 Å². The van der Waals surface area contributed by atoms with Gasteiger partial charge in [0.2, 0.25) is 0 Å². The van der Waals surface area contributed by atoms with Crippen molar-refractivity contribution >= 4 is 33.5 Å². The van der Waals surface area contributed by atoms with Crippen molar-refractivity contribution in [3.05, 3.63) is 63.7 Å². The van der Waals surface area contributed by atoms with Crippen LogP contribution in [0.15, 0.2) is 47.5 Å². The topological polar surface area (TPSA) is 61.5 Å². The van der Waals surface area contributed by atoms with Crippen LogP contribution in [0.1, 0.15) is 5.56 Å². The number of benzene rings is 1. The number of hydrogen-bond donors (Lipinski definition) is 2. The van der Waals surface area contributed by atoms with Gasteiger partial charge >= 0.3 is 0 Å². The SMILES string of the molecule is Cc1c(-c2cccnc2)c2[nH]c3cc(Cl)ccc3c2[nH]c1=O. The number of nitrogens with zero attached hydrogens (tertiary/aromatic N) is 1. The quantitative estimate of drug-likeness (QED) is 0.557. The number of fused-ring (bicyclic) bond motifs is 3. The monoisotopic (exact) mass is 309 g/mol. The van der Waals surface area contributed by atoms with Gasteiger partial charge in [-0.2, -0.15) is 0 Å².